The third-order valence-corrected chi connectivity index (χ3v) is 4.88. The molecule has 0 saturated carbocycles. The van der Waals surface area contributed by atoms with E-state index in [1.54, 1.807) is 0 Å². The molecule has 2 atom stereocenters. The molecule has 0 saturated heterocycles. The topological polar surface area (TPSA) is 12.0 Å². The fraction of sp³-hybridized carbons (Fsp3) is 0.333. The zero-order valence-electron chi connectivity index (χ0n) is 12.1. The highest BCUT2D eigenvalue weighted by molar-refractivity contribution is 6.33. The SMILES string of the molecule is CCNC(c1cc(Cl)ccc1Cl)C1CCc2ccccc21. The van der Waals surface area contributed by atoms with Gasteiger partial charge in [-0.2, -0.15) is 0 Å². The summed E-state index contributed by atoms with van der Waals surface area (Å²) in [5, 5.41) is 5.13. The van der Waals surface area contributed by atoms with Gasteiger partial charge in [-0.1, -0.05) is 54.4 Å². The van der Waals surface area contributed by atoms with Crippen LogP contribution in [0.2, 0.25) is 10.0 Å². The van der Waals surface area contributed by atoms with E-state index in [0.29, 0.717) is 5.92 Å². The van der Waals surface area contributed by atoms with E-state index >= 15 is 0 Å². The lowest BCUT2D eigenvalue weighted by atomic mass is 9.88. The molecule has 1 nitrogen and oxygen atoms in total. The van der Waals surface area contributed by atoms with E-state index in [1.807, 2.05) is 18.2 Å². The summed E-state index contributed by atoms with van der Waals surface area (Å²) in [5.41, 5.74) is 4.01. The van der Waals surface area contributed by atoms with Crippen LogP contribution in [0.1, 0.15) is 42.0 Å². The molecule has 0 fully saturated rings. The van der Waals surface area contributed by atoms with Crippen LogP contribution in [0.15, 0.2) is 42.5 Å². The fourth-order valence-electron chi connectivity index (χ4n) is 3.38. The van der Waals surface area contributed by atoms with E-state index in [4.69, 9.17) is 23.2 Å². The quantitative estimate of drug-likeness (QED) is 0.798. The van der Waals surface area contributed by atoms with Crippen molar-refractivity contribution in [2.45, 2.75) is 31.7 Å². The van der Waals surface area contributed by atoms with E-state index in [2.05, 4.69) is 36.5 Å². The van der Waals surface area contributed by atoms with Gasteiger partial charge >= 0.3 is 0 Å². The van der Waals surface area contributed by atoms with Crippen LogP contribution in [0.25, 0.3) is 0 Å². The molecule has 3 heteroatoms. The van der Waals surface area contributed by atoms with E-state index in [1.165, 1.54) is 11.1 Å². The molecule has 2 aromatic rings. The van der Waals surface area contributed by atoms with Crippen molar-refractivity contribution >= 4 is 23.2 Å². The van der Waals surface area contributed by atoms with Crippen LogP contribution >= 0.6 is 23.2 Å². The Morgan fingerprint density at radius 2 is 2.00 bits per heavy atom. The molecule has 2 unspecified atom stereocenters. The highest BCUT2D eigenvalue weighted by Crippen LogP contribution is 2.43. The largest absolute Gasteiger partial charge is 0.310 e. The second kappa shape index (κ2) is 6.39. The number of nitrogens with one attached hydrogen (secondary N) is 1. The van der Waals surface area contributed by atoms with Crippen LogP contribution in [0, 0.1) is 0 Å². The fourth-order valence-corrected chi connectivity index (χ4v) is 3.79. The van der Waals surface area contributed by atoms with Crippen molar-refractivity contribution in [3.05, 3.63) is 69.2 Å². The molecule has 2 aromatic carbocycles. The number of hydrogen-bond acceptors (Lipinski definition) is 1. The standard InChI is InChI=1S/C18H19Cl2N/c1-2-21-18(16-11-13(19)8-10-17(16)20)15-9-7-12-5-3-4-6-14(12)15/h3-6,8,10-11,15,18,21H,2,7,9H2,1H3. The molecule has 0 aliphatic heterocycles. The predicted molar refractivity (Wildman–Crippen MR) is 90.4 cm³/mol. The summed E-state index contributed by atoms with van der Waals surface area (Å²) >= 11 is 12.6. The van der Waals surface area contributed by atoms with Crippen LogP contribution in [-0.4, -0.2) is 6.54 Å². The van der Waals surface area contributed by atoms with Gasteiger partial charge in [0.25, 0.3) is 0 Å². The Bertz CT molecular complexity index is 639. The maximum atomic E-state index is 6.43. The molecule has 3 rings (SSSR count). The number of hydrogen-bond donors (Lipinski definition) is 1. The Morgan fingerprint density at radius 1 is 1.19 bits per heavy atom. The monoisotopic (exact) mass is 319 g/mol. The van der Waals surface area contributed by atoms with Gasteiger partial charge in [0.05, 0.1) is 0 Å². The highest BCUT2D eigenvalue weighted by Gasteiger charge is 2.31. The van der Waals surface area contributed by atoms with Gasteiger partial charge in [0.15, 0.2) is 0 Å². The van der Waals surface area contributed by atoms with Crippen molar-refractivity contribution in [1.29, 1.82) is 0 Å². The van der Waals surface area contributed by atoms with Crippen LogP contribution in [-0.2, 0) is 6.42 Å². The molecule has 110 valence electrons. The summed E-state index contributed by atoms with van der Waals surface area (Å²) in [4.78, 5) is 0. The lowest BCUT2D eigenvalue weighted by Gasteiger charge is -2.27. The van der Waals surface area contributed by atoms with Gasteiger partial charge in [0.2, 0.25) is 0 Å². The molecule has 0 heterocycles. The number of likely N-dealkylation sites (N-methyl/N-ethyl adjacent to an activating group) is 1. The zero-order valence-corrected chi connectivity index (χ0v) is 13.6. The average molecular weight is 320 g/mol. The van der Waals surface area contributed by atoms with Gasteiger partial charge in [-0.25, -0.2) is 0 Å². The van der Waals surface area contributed by atoms with Crippen molar-refractivity contribution in [1.82, 2.24) is 5.32 Å². The summed E-state index contributed by atoms with van der Waals surface area (Å²) < 4.78 is 0. The number of rotatable bonds is 4. The summed E-state index contributed by atoms with van der Waals surface area (Å²) in [6.45, 7) is 3.04. The number of fused-ring (bicyclic) bond motifs is 1. The maximum Gasteiger partial charge on any atom is 0.0455 e. The molecule has 0 amide bonds. The van der Waals surface area contributed by atoms with Crippen LogP contribution in [0.5, 0.6) is 0 Å². The molecule has 0 radical (unpaired) electrons. The lowest BCUT2D eigenvalue weighted by Crippen LogP contribution is -2.26. The van der Waals surface area contributed by atoms with Gasteiger partial charge in [0.1, 0.15) is 0 Å². The molecule has 21 heavy (non-hydrogen) atoms. The predicted octanol–water partition coefficient (Wildman–Crippen LogP) is 5.37. The summed E-state index contributed by atoms with van der Waals surface area (Å²) in [7, 11) is 0. The van der Waals surface area contributed by atoms with Crippen molar-refractivity contribution in [3.8, 4) is 0 Å². The number of aryl methyl sites for hydroxylation is 1. The maximum absolute atomic E-state index is 6.43. The Kier molecular flexibility index (Phi) is 4.54. The molecule has 1 N–H and O–H groups in total. The van der Waals surface area contributed by atoms with Crippen molar-refractivity contribution in [2.75, 3.05) is 6.54 Å². The Hall–Kier alpha value is -1.02. The highest BCUT2D eigenvalue weighted by atomic mass is 35.5. The summed E-state index contributed by atoms with van der Waals surface area (Å²) in [6, 6.07) is 14.7. The van der Waals surface area contributed by atoms with E-state index < -0.39 is 0 Å². The first-order valence-electron chi connectivity index (χ1n) is 7.47. The minimum atomic E-state index is 0.213. The lowest BCUT2D eigenvalue weighted by molar-refractivity contribution is 0.453. The van der Waals surface area contributed by atoms with Gasteiger partial charge in [-0.15, -0.1) is 0 Å². The third kappa shape index (κ3) is 2.96. The van der Waals surface area contributed by atoms with Gasteiger partial charge in [0, 0.05) is 22.0 Å². The van der Waals surface area contributed by atoms with Gasteiger partial charge < -0.3 is 5.32 Å². The minimum absolute atomic E-state index is 0.213. The van der Waals surface area contributed by atoms with Gasteiger partial charge in [-0.05, 0) is 54.3 Å². The smallest absolute Gasteiger partial charge is 0.0455 e. The first-order valence-corrected chi connectivity index (χ1v) is 8.22. The second-order valence-electron chi connectivity index (χ2n) is 5.55. The van der Waals surface area contributed by atoms with Crippen molar-refractivity contribution in [3.63, 3.8) is 0 Å². The number of halogens is 2. The number of benzene rings is 2. The van der Waals surface area contributed by atoms with E-state index in [9.17, 15) is 0 Å². The van der Waals surface area contributed by atoms with E-state index in [0.717, 1.165) is 35.0 Å². The Balaban J connectivity index is 2.01. The normalized spacial score (nSPS) is 18.5. The molecule has 1 aliphatic rings. The molecule has 0 spiro atoms. The minimum Gasteiger partial charge on any atom is -0.310 e. The average Bonchev–Trinajstić information content (AvgIpc) is 2.91. The first kappa shape index (κ1) is 14.9. The Labute approximate surface area is 136 Å². The van der Waals surface area contributed by atoms with Crippen LogP contribution in [0.4, 0.5) is 0 Å². The first-order chi connectivity index (χ1) is 10.2. The molecule has 0 aromatic heterocycles. The van der Waals surface area contributed by atoms with E-state index in [-0.39, 0.29) is 6.04 Å². The molecule has 0 bridgehead atoms. The van der Waals surface area contributed by atoms with Crippen molar-refractivity contribution in [2.24, 2.45) is 0 Å². The summed E-state index contributed by atoms with van der Waals surface area (Å²) in [6.07, 6.45) is 2.29. The molecular formula is C18H19Cl2N. The van der Waals surface area contributed by atoms with Gasteiger partial charge in [-0.3, -0.25) is 0 Å². The van der Waals surface area contributed by atoms with Crippen molar-refractivity contribution < 1.29 is 0 Å². The third-order valence-electron chi connectivity index (χ3n) is 4.30. The molecular weight excluding hydrogens is 301 g/mol. The zero-order chi connectivity index (χ0) is 14.8. The van der Waals surface area contributed by atoms with Crippen LogP contribution in [0.3, 0.4) is 0 Å². The second-order valence-corrected chi connectivity index (χ2v) is 6.39. The molecule has 1 aliphatic carbocycles. The van der Waals surface area contributed by atoms with Crippen LogP contribution < -0.4 is 5.32 Å². The summed E-state index contributed by atoms with van der Waals surface area (Å²) in [5.74, 6) is 0.456. The Morgan fingerprint density at radius 3 is 2.81 bits per heavy atom.